The van der Waals surface area contributed by atoms with Crippen LogP contribution in [0.25, 0.3) is 0 Å². The van der Waals surface area contributed by atoms with Gasteiger partial charge in [0.25, 0.3) is 0 Å². The SMILES string of the molecule is NCCC(O)Cc1cccc(CN2CCCCC2)c1. The van der Waals surface area contributed by atoms with Crippen molar-refractivity contribution in [1.82, 2.24) is 4.90 Å². The highest BCUT2D eigenvalue weighted by molar-refractivity contribution is 5.24. The third kappa shape index (κ3) is 4.94. The number of hydrogen-bond acceptors (Lipinski definition) is 3. The van der Waals surface area contributed by atoms with Crippen molar-refractivity contribution in [2.24, 2.45) is 5.73 Å². The van der Waals surface area contributed by atoms with E-state index in [-0.39, 0.29) is 6.10 Å². The molecule has 106 valence electrons. The summed E-state index contributed by atoms with van der Waals surface area (Å²) in [7, 11) is 0. The van der Waals surface area contributed by atoms with Gasteiger partial charge in [-0.1, -0.05) is 30.7 Å². The van der Waals surface area contributed by atoms with Gasteiger partial charge in [-0.15, -0.1) is 0 Å². The molecule has 1 saturated heterocycles. The quantitative estimate of drug-likeness (QED) is 0.823. The minimum Gasteiger partial charge on any atom is -0.393 e. The van der Waals surface area contributed by atoms with E-state index < -0.39 is 0 Å². The second-order valence-corrected chi connectivity index (χ2v) is 5.59. The van der Waals surface area contributed by atoms with Crippen LogP contribution in [0.4, 0.5) is 0 Å². The zero-order valence-corrected chi connectivity index (χ0v) is 11.7. The lowest BCUT2D eigenvalue weighted by atomic mass is 10.0. The van der Waals surface area contributed by atoms with Crippen LogP contribution in [-0.4, -0.2) is 35.7 Å². The van der Waals surface area contributed by atoms with Crippen LogP contribution in [0.3, 0.4) is 0 Å². The maximum atomic E-state index is 9.82. The van der Waals surface area contributed by atoms with Gasteiger partial charge in [-0.2, -0.15) is 0 Å². The first-order valence-electron chi connectivity index (χ1n) is 7.46. The predicted octanol–water partition coefficient (Wildman–Crippen LogP) is 1.92. The summed E-state index contributed by atoms with van der Waals surface area (Å²) in [5, 5.41) is 9.82. The van der Waals surface area contributed by atoms with Gasteiger partial charge >= 0.3 is 0 Å². The fraction of sp³-hybridized carbons (Fsp3) is 0.625. The molecule has 0 aromatic heterocycles. The van der Waals surface area contributed by atoms with Crippen molar-refractivity contribution >= 4 is 0 Å². The van der Waals surface area contributed by atoms with Crippen LogP contribution in [0, 0.1) is 0 Å². The van der Waals surface area contributed by atoms with E-state index in [0.717, 1.165) is 6.54 Å². The molecule has 1 aliphatic rings. The molecule has 0 radical (unpaired) electrons. The van der Waals surface area contributed by atoms with Crippen LogP contribution in [0.1, 0.15) is 36.8 Å². The molecule has 3 heteroatoms. The Hall–Kier alpha value is -0.900. The van der Waals surface area contributed by atoms with E-state index in [4.69, 9.17) is 5.73 Å². The van der Waals surface area contributed by atoms with Crippen molar-refractivity contribution in [2.45, 2.75) is 44.8 Å². The number of piperidine rings is 1. The second kappa shape index (κ2) is 7.63. The van der Waals surface area contributed by atoms with E-state index in [0.29, 0.717) is 19.4 Å². The van der Waals surface area contributed by atoms with Crippen LogP contribution in [-0.2, 0) is 13.0 Å². The third-order valence-corrected chi connectivity index (χ3v) is 3.82. The standard InChI is InChI=1S/C16H26N2O/c17-8-7-16(19)12-14-5-4-6-15(11-14)13-18-9-2-1-3-10-18/h4-6,11,16,19H,1-3,7-10,12-13,17H2. The molecule has 1 aromatic carbocycles. The molecular formula is C16H26N2O. The third-order valence-electron chi connectivity index (χ3n) is 3.82. The Bertz CT molecular complexity index is 375. The Morgan fingerprint density at radius 3 is 2.63 bits per heavy atom. The number of likely N-dealkylation sites (tertiary alicyclic amines) is 1. The molecule has 1 aromatic rings. The van der Waals surface area contributed by atoms with E-state index in [2.05, 4.69) is 29.2 Å². The van der Waals surface area contributed by atoms with Gasteiger partial charge < -0.3 is 10.8 Å². The monoisotopic (exact) mass is 262 g/mol. The van der Waals surface area contributed by atoms with Gasteiger partial charge in [-0.3, -0.25) is 4.90 Å². The Labute approximate surface area is 116 Å². The van der Waals surface area contributed by atoms with Gasteiger partial charge in [0, 0.05) is 6.54 Å². The number of rotatable bonds is 6. The normalized spacial score (nSPS) is 18.4. The van der Waals surface area contributed by atoms with Crippen LogP contribution >= 0.6 is 0 Å². The maximum Gasteiger partial charge on any atom is 0.0592 e. The zero-order chi connectivity index (χ0) is 13.5. The molecule has 1 atom stereocenters. The molecule has 0 amide bonds. The molecule has 0 bridgehead atoms. The molecule has 1 fully saturated rings. The van der Waals surface area contributed by atoms with Crippen LogP contribution in [0.5, 0.6) is 0 Å². The molecule has 1 aliphatic heterocycles. The van der Waals surface area contributed by atoms with Crippen LogP contribution in [0.2, 0.25) is 0 Å². The fourth-order valence-corrected chi connectivity index (χ4v) is 2.80. The minimum absolute atomic E-state index is 0.310. The van der Waals surface area contributed by atoms with Crippen molar-refractivity contribution in [3.05, 3.63) is 35.4 Å². The topological polar surface area (TPSA) is 49.5 Å². The van der Waals surface area contributed by atoms with E-state index in [1.54, 1.807) is 0 Å². The largest absolute Gasteiger partial charge is 0.393 e. The van der Waals surface area contributed by atoms with Gasteiger partial charge in [0.05, 0.1) is 6.10 Å². The summed E-state index contributed by atoms with van der Waals surface area (Å²) < 4.78 is 0. The molecule has 1 unspecified atom stereocenters. The summed E-state index contributed by atoms with van der Waals surface area (Å²) >= 11 is 0. The average molecular weight is 262 g/mol. The first kappa shape index (κ1) is 14.5. The number of benzene rings is 1. The highest BCUT2D eigenvalue weighted by Crippen LogP contribution is 2.15. The molecule has 0 saturated carbocycles. The first-order valence-corrected chi connectivity index (χ1v) is 7.46. The van der Waals surface area contributed by atoms with Gasteiger partial charge in [0.15, 0.2) is 0 Å². The van der Waals surface area contributed by atoms with Crippen molar-refractivity contribution in [1.29, 1.82) is 0 Å². The van der Waals surface area contributed by atoms with E-state index in [1.807, 2.05) is 0 Å². The summed E-state index contributed by atoms with van der Waals surface area (Å²) in [4.78, 5) is 2.53. The van der Waals surface area contributed by atoms with Gasteiger partial charge in [-0.05, 0) is 56.4 Å². The van der Waals surface area contributed by atoms with Crippen molar-refractivity contribution in [2.75, 3.05) is 19.6 Å². The van der Waals surface area contributed by atoms with Gasteiger partial charge in [0.1, 0.15) is 0 Å². The summed E-state index contributed by atoms with van der Waals surface area (Å²) in [6, 6.07) is 8.62. The molecule has 0 aliphatic carbocycles. The van der Waals surface area contributed by atoms with Crippen molar-refractivity contribution in [3.8, 4) is 0 Å². The minimum atomic E-state index is -0.310. The Kier molecular flexibility index (Phi) is 5.83. The van der Waals surface area contributed by atoms with Gasteiger partial charge in [0.2, 0.25) is 0 Å². The van der Waals surface area contributed by atoms with Crippen molar-refractivity contribution < 1.29 is 5.11 Å². The lowest BCUT2D eigenvalue weighted by Crippen LogP contribution is -2.29. The summed E-state index contributed by atoms with van der Waals surface area (Å²) in [5.41, 5.74) is 8.05. The Balaban J connectivity index is 1.90. The highest BCUT2D eigenvalue weighted by atomic mass is 16.3. The number of aliphatic hydroxyl groups excluding tert-OH is 1. The lowest BCUT2D eigenvalue weighted by Gasteiger charge is -2.26. The molecular weight excluding hydrogens is 236 g/mol. The fourth-order valence-electron chi connectivity index (χ4n) is 2.80. The van der Waals surface area contributed by atoms with Crippen LogP contribution < -0.4 is 5.73 Å². The smallest absolute Gasteiger partial charge is 0.0592 e. The summed E-state index contributed by atoms with van der Waals surface area (Å²) in [6.45, 7) is 4.04. The number of nitrogens with two attached hydrogens (primary N) is 1. The first-order chi connectivity index (χ1) is 9.28. The molecule has 19 heavy (non-hydrogen) atoms. The molecule has 0 spiro atoms. The van der Waals surface area contributed by atoms with Crippen molar-refractivity contribution in [3.63, 3.8) is 0 Å². The number of aliphatic hydroxyl groups is 1. The van der Waals surface area contributed by atoms with E-state index >= 15 is 0 Å². The molecule has 2 rings (SSSR count). The second-order valence-electron chi connectivity index (χ2n) is 5.59. The predicted molar refractivity (Wildman–Crippen MR) is 79.0 cm³/mol. The van der Waals surface area contributed by atoms with Crippen LogP contribution in [0.15, 0.2) is 24.3 Å². The Morgan fingerprint density at radius 1 is 1.16 bits per heavy atom. The lowest BCUT2D eigenvalue weighted by molar-refractivity contribution is 0.167. The Morgan fingerprint density at radius 2 is 1.89 bits per heavy atom. The molecule has 3 N–H and O–H groups in total. The zero-order valence-electron chi connectivity index (χ0n) is 11.7. The average Bonchev–Trinajstić information content (AvgIpc) is 2.40. The van der Waals surface area contributed by atoms with E-state index in [1.165, 1.54) is 43.5 Å². The number of hydrogen-bond donors (Lipinski definition) is 2. The molecule has 3 nitrogen and oxygen atoms in total. The van der Waals surface area contributed by atoms with Gasteiger partial charge in [-0.25, -0.2) is 0 Å². The summed E-state index contributed by atoms with van der Waals surface area (Å²) in [6.07, 6.45) is 5.11. The summed E-state index contributed by atoms with van der Waals surface area (Å²) in [5.74, 6) is 0. The highest BCUT2D eigenvalue weighted by Gasteiger charge is 2.11. The van der Waals surface area contributed by atoms with E-state index in [9.17, 15) is 5.11 Å². The number of nitrogens with zero attached hydrogens (tertiary/aromatic N) is 1. The maximum absolute atomic E-state index is 9.82. The molecule has 1 heterocycles.